The van der Waals surface area contributed by atoms with Gasteiger partial charge < -0.3 is 10.0 Å². The van der Waals surface area contributed by atoms with Crippen LogP contribution in [0, 0.1) is 0 Å². The van der Waals surface area contributed by atoms with Gasteiger partial charge in [-0.2, -0.15) is 0 Å². The molecule has 2 aliphatic rings. The lowest BCUT2D eigenvalue weighted by atomic mass is 9.90. The van der Waals surface area contributed by atoms with Gasteiger partial charge in [0.2, 0.25) is 5.88 Å². The molecule has 2 saturated heterocycles. The normalized spacial score (nSPS) is 29.9. The highest BCUT2D eigenvalue weighted by molar-refractivity contribution is 5.21. The highest BCUT2D eigenvalue weighted by Crippen LogP contribution is 2.35. The van der Waals surface area contributed by atoms with E-state index in [-0.39, 0.29) is 5.88 Å². The molecule has 0 saturated carbocycles. The third kappa shape index (κ3) is 2.29. The maximum Gasteiger partial charge on any atom is 0.210 e. The SMILES string of the molecule is Oc1ccc(C2CCCN3CCCC3C2)cn1. The van der Waals surface area contributed by atoms with Crippen LogP contribution in [0.15, 0.2) is 18.3 Å². The van der Waals surface area contributed by atoms with Crippen molar-refractivity contribution < 1.29 is 5.11 Å². The summed E-state index contributed by atoms with van der Waals surface area (Å²) in [7, 11) is 0. The molecule has 2 aliphatic heterocycles. The van der Waals surface area contributed by atoms with E-state index in [1.54, 1.807) is 6.07 Å². The van der Waals surface area contributed by atoms with Gasteiger partial charge in [0.05, 0.1) is 0 Å². The summed E-state index contributed by atoms with van der Waals surface area (Å²) in [5.41, 5.74) is 1.30. The van der Waals surface area contributed by atoms with Crippen molar-refractivity contribution in [1.29, 1.82) is 0 Å². The van der Waals surface area contributed by atoms with Crippen LogP contribution in [-0.4, -0.2) is 34.1 Å². The Morgan fingerprint density at radius 1 is 1.18 bits per heavy atom. The Bertz CT molecular complexity index is 376. The van der Waals surface area contributed by atoms with Crippen LogP contribution in [0.3, 0.4) is 0 Å². The summed E-state index contributed by atoms with van der Waals surface area (Å²) in [4.78, 5) is 6.67. The molecule has 0 spiro atoms. The Kier molecular flexibility index (Phi) is 3.02. The lowest BCUT2D eigenvalue weighted by Crippen LogP contribution is -2.28. The van der Waals surface area contributed by atoms with Gasteiger partial charge >= 0.3 is 0 Å². The minimum Gasteiger partial charge on any atom is -0.493 e. The average Bonchev–Trinajstić information content (AvgIpc) is 2.68. The molecule has 0 amide bonds. The zero-order valence-corrected chi connectivity index (χ0v) is 10.2. The van der Waals surface area contributed by atoms with E-state index in [1.165, 1.54) is 50.8 Å². The van der Waals surface area contributed by atoms with Gasteiger partial charge in [-0.05, 0) is 56.7 Å². The average molecular weight is 232 g/mol. The predicted molar refractivity (Wildman–Crippen MR) is 67.1 cm³/mol. The third-order valence-corrected chi connectivity index (χ3v) is 4.30. The molecule has 0 bridgehead atoms. The van der Waals surface area contributed by atoms with Gasteiger partial charge in [-0.15, -0.1) is 0 Å². The summed E-state index contributed by atoms with van der Waals surface area (Å²) < 4.78 is 0. The second kappa shape index (κ2) is 4.65. The number of aromatic nitrogens is 1. The van der Waals surface area contributed by atoms with Gasteiger partial charge in [0, 0.05) is 18.3 Å². The second-order valence-corrected chi connectivity index (χ2v) is 5.36. The minimum absolute atomic E-state index is 0.130. The van der Waals surface area contributed by atoms with Crippen LogP contribution in [0.25, 0.3) is 0 Å². The van der Waals surface area contributed by atoms with E-state index in [1.807, 2.05) is 12.3 Å². The molecular formula is C14H20N2O. The summed E-state index contributed by atoms with van der Waals surface area (Å²) in [5.74, 6) is 0.765. The molecule has 1 aromatic heterocycles. The Morgan fingerprint density at radius 2 is 2.00 bits per heavy atom. The Hall–Kier alpha value is -1.09. The van der Waals surface area contributed by atoms with Crippen LogP contribution in [0.1, 0.15) is 43.6 Å². The second-order valence-electron chi connectivity index (χ2n) is 5.36. The van der Waals surface area contributed by atoms with E-state index in [0.717, 1.165) is 6.04 Å². The van der Waals surface area contributed by atoms with Crippen molar-refractivity contribution in [2.45, 2.75) is 44.1 Å². The topological polar surface area (TPSA) is 36.4 Å². The number of pyridine rings is 1. The van der Waals surface area contributed by atoms with Crippen molar-refractivity contribution in [3.8, 4) is 5.88 Å². The molecule has 3 rings (SSSR count). The maximum absolute atomic E-state index is 9.24. The lowest BCUT2D eigenvalue weighted by molar-refractivity contribution is 0.257. The fraction of sp³-hybridized carbons (Fsp3) is 0.643. The highest BCUT2D eigenvalue weighted by atomic mass is 16.3. The van der Waals surface area contributed by atoms with Crippen molar-refractivity contribution in [3.63, 3.8) is 0 Å². The summed E-state index contributed by atoms with van der Waals surface area (Å²) in [6, 6.07) is 4.54. The molecule has 1 N–H and O–H groups in total. The molecular weight excluding hydrogens is 212 g/mol. The zero-order valence-electron chi connectivity index (χ0n) is 10.2. The van der Waals surface area contributed by atoms with Crippen LogP contribution in [-0.2, 0) is 0 Å². The fourth-order valence-electron chi connectivity index (χ4n) is 3.39. The molecule has 2 fully saturated rings. The van der Waals surface area contributed by atoms with E-state index >= 15 is 0 Å². The van der Waals surface area contributed by atoms with Crippen molar-refractivity contribution in [2.75, 3.05) is 13.1 Å². The first-order chi connectivity index (χ1) is 8.33. The number of aromatic hydroxyl groups is 1. The highest BCUT2D eigenvalue weighted by Gasteiger charge is 2.30. The van der Waals surface area contributed by atoms with Crippen LogP contribution >= 0.6 is 0 Å². The summed E-state index contributed by atoms with van der Waals surface area (Å²) >= 11 is 0. The quantitative estimate of drug-likeness (QED) is 0.808. The number of hydrogen-bond donors (Lipinski definition) is 1. The third-order valence-electron chi connectivity index (χ3n) is 4.30. The standard InChI is InChI=1S/C14H20N2O/c17-14-6-5-12(10-15-14)11-3-1-7-16-8-2-4-13(16)9-11/h5-6,10-11,13H,1-4,7-9H2,(H,15,17). The molecule has 2 unspecified atom stereocenters. The molecule has 0 radical (unpaired) electrons. The van der Waals surface area contributed by atoms with Crippen molar-refractivity contribution >= 4 is 0 Å². The fourth-order valence-corrected chi connectivity index (χ4v) is 3.39. The zero-order chi connectivity index (χ0) is 11.7. The molecule has 3 heteroatoms. The largest absolute Gasteiger partial charge is 0.493 e. The molecule has 17 heavy (non-hydrogen) atoms. The van der Waals surface area contributed by atoms with E-state index in [0.29, 0.717) is 5.92 Å². The van der Waals surface area contributed by atoms with Crippen molar-refractivity contribution in [2.24, 2.45) is 0 Å². The first-order valence-electron chi connectivity index (χ1n) is 6.72. The Balaban J connectivity index is 1.76. The Morgan fingerprint density at radius 3 is 2.76 bits per heavy atom. The maximum atomic E-state index is 9.24. The van der Waals surface area contributed by atoms with Crippen LogP contribution in [0.5, 0.6) is 5.88 Å². The molecule has 3 nitrogen and oxygen atoms in total. The predicted octanol–water partition coefficient (Wildman–Crippen LogP) is 2.52. The van der Waals surface area contributed by atoms with Gasteiger partial charge in [0.15, 0.2) is 0 Å². The smallest absolute Gasteiger partial charge is 0.210 e. The van der Waals surface area contributed by atoms with Crippen LogP contribution in [0.2, 0.25) is 0 Å². The first-order valence-corrected chi connectivity index (χ1v) is 6.72. The van der Waals surface area contributed by atoms with E-state index in [2.05, 4.69) is 9.88 Å². The first kappa shape index (κ1) is 11.0. The van der Waals surface area contributed by atoms with Crippen molar-refractivity contribution in [3.05, 3.63) is 23.9 Å². The van der Waals surface area contributed by atoms with E-state index in [4.69, 9.17) is 0 Å². The number of nitrogens with zero attached hydrogens (tertiary/aromatic N) is 2. The summed E-state index contributed by atoms with van der Waals surface area (Å²) in [6.07, 6.45) is 8.41. The molecule has 3 heterocycles. The lowest BCUT2D eigenvalue weighted by Gasteiger charge is -2.23. The van der Waals surface area contributed by atoms with Crippen molar-refractivity contribution in [1.82, 2.24) is 9.88 Å². The molecule has 0 aromatic carbocycles. The molecule has 92 valence electrons. The summed E-state index contributed by atoms with van der Waals surface area (Å²) in [6.45, 7) is 2.57. The summed E-state index contributed by atoms with van der Waals surface area (Å²) in [5, 5.41) is 9.24. The van der Waals surface area contributed by atoms with E-state index < -0.39 is 0 Å². The molecule has 1 aromatic rings. The minimum atomic E-state index is 0.130. The number of hydrogen-bond acceptors (Lipinski definition) is 3. The van der Waals surface area contributed by atoms with E-state index in [9.17, 15) is 5.11 Å². The van der Waals surface area contributed by atoms with Gasteiger partial charge in [0.1, 0.15) is 0 Å². The van der Waals surface area contributed by atoms with Crippen LogP contribution in [0.4, 0.5) is 0 Å². The van der Waals surface area contributed by atoms with Gasteiger partial charge in [-0.25, -0.2) is 4.98 Å². The monoisotopic (exact) mass is 232 g/mol. The van der Waals surface area contributed by atoms with Gasteiger partial charge in [-0.3, -0.25) is 0 Å². The number of fused-ring (bicyclic) bond motifs is 1. The Labute approximate surface area is 102 Å². The molecule has 2 atom stereocenters. The van der Waals surface area contributed by atoms with Gasteiger partial charge in [-0.1, -0.05) is 6.07 Å². The molecule has 0 aliphatic carbocycles. The number of rotatable bonds is 1. The van der Waals surface area contributed by atoms with Gasteiger partial charge in [0.25, 0.3) is 0 Å². The van der Waals surface area contributed by atoms with Crippen LogP contribution < -0.4 is 0 Å².